The number of carboxylic acid groups (broad SMARTS) is 1. The number of hydrogen-bond acceptors (Lipinski definition) is 5. The summed E-state index contributed by atoms with van der Waals surface area (Å²) in [5.74, 6) is -1.30. The molecule has 1 aromatic carbocycles. The standard InChI is InChI=1S/C17H24N2O5.ClH/c1-17(2,18)16(22)19-8-11(12(9-19)15(20)21)10-6-5-7-13(23-3)14(10)24-4;/h5-7,11-12H,8-9,18H2,1-4H3,(H,20,21);1H/t11-,12+;/m0./s1. The first kappa shape index (κ1) is 21.1. The van der Waals surface area contributed by atoms with Crippen LogP contribution in [0.3, 0.4) is 0 Å². The molecule has 2 atom stereocenters. The summed E-state index contributed by atoms with van der Waals surface area (Å²) in [5, 5.41) is 9.60. The van der Waals surface area contributed by atoms with Crippen LogP contribution in [0.25, 0.3) is 0 Å². The van der Waals surface area contributed by atoms with E-state index in [2.05, 4.69) is 0 Å². The summed E-state index contributed by atoms with van der Waals surface area (Å²) in [4.78, 5) is 25.7. The number of carbonyl (C=O) groups excluding carboxylic acids is 1. The van der Waals surface area contributed by atoms with Crippen LogP contribution < -0.4 is 15.2 Å². The molecule has 0 bridgehead atoms. The van der Waals surface area contributed by atoms with Crippen molar-refractivity contribution in [3.63, 3.8) is 0 Å². The van der Waals surface area contributed by atoms with Crippen LogP contribution in [0, 0.1) is 5.92 Å². The fourth-order valence-electron chi connectivity index (χ4n) is 3.15. The Morgan fingerprint density at radius 1 is 1.24 bits per heavy atom. The van der Waals surface area contributed by atoms with Crippen molar-refractivity contribution in [3.8, 4) is 11.5 Å². The fraction of sp³-hybridized carbons (Fsp3) is 0.529. The Morgan fingerprint density at radius 2 is 1.88 bits per heavy atom. The molecule has 1 aliphatic rings. The van der Waals surface area contributed by atoms with Gasteiger partial charge in [-0.1, -0.05) is 12.1 Å². The molecule has 2 rings (SSSR count). The Labute approximate surface area is 153 Å². The third-order valence-electron chi connectivity index (χ3n) is 4.31. The zero-order valence-corrected chi connectivity index (χ0v) is 15.6. The number of likely N-dealkylation sites (tertiary alicyclic amines) is 1. The smallest absolute Gasteiger partial charge is 0.308 e. The van der Waals surface area contributed by atoms with Gasteiger partial charge in [0.05, 0.1) is 25.7 Å². The lowest BCUT2D eigenvalue weighted by molar-refractivity contribution is -0.142. The Morgan fingerprint density at radius 3 is 2.36 bits per heavy atom. The molecule has 7 nitrogen and oxygen atoms in total. The quantitative estimate of drug-likeness (QED) is 0.811. The van der Waals surface area contributed by atoms with E-state index in [1.807, 2.05) is 6.07 Å². The molecule has 3 N–H and O–H groups in total. The average molecular weight is 373 g/mol. The van der Waals surface area contributed by atoms with Crippen molar-refractivity contribution in [3.05, 3.63) is 23.8 Å². The molecule has 1 saturated heterocycles. The molecule has 0 unspecified atom stereocenters. The molecule has 8 heteroatoms. The van der Waals surface area contributed by atoms with Crippen molar-refractivity contribution in [1.29, 1.82) is 0 Å². The lowest BCUT2D eigenvalue weighted by atomic mass is 9.88. The summed E-state index contributed by atoms with van der Waals surface area (Å²) in [6, 6.07) is 5.34. The number of nitrogens with zero attached hydrogens (tertiary/aromatic N) is 1. The van der Waals surface area contributed by atoms with Gasteiger partial charge in [-0.2, -0.15) is 0 Å². The SMILES string of the molecule is COc1cccc([C@@H]2CN(C(=O)C(C)(C)N)C[C@H]2C(=O)O)c1OC.Cl. The maximum absolute atomic E-state index is 12.4. The summed E-state index contributed by atoms with van der Waals surface area (Å²) in [5.41, 5.74) is 5.55. The molecule has 0 aliphatic carbocycles. The number of methoxy groups -OCH3 is 2. The third-order valence-corrected chi connectivity index (χ3v) is 4.31. The van der Waals surface area contributed by atoms with Gasteiger partial charge in [-0.25, -0.2) is 0 Å². The van der Waals surface area contributed by atoms with Gasteiger partial charge in [-0.05, 0) is 19.9 Å². The first-order chi connectivity index (χ1) is 11.2. The van der Waals surface area contributed by atoms with Crippen LogP contribution in [0.5, 0.6) is 11.5 Å². The first-order valence-electron chi connectivity index (χ1n) is 7.72. The van der Waals surface area contributed by atoms with Gasteiger partial charge in [-0.15, -0.1) is 12.4 Å². The number of amides is 1. The van der Waals surface area contributed by atoms with E-state index in [-0.39, 0.29) is 37.3 Å². The number of para-hydroxylation sites is 1. The van der Waals surface area contributed by atoms with Crippen LogP contribution >= 0.6 is 12.4 Å². The highest BCUT2D eigenvalue weighted by atomic mass is 35.5. The van der Waals surface area contributed by atoms with Crippen molar-refractivity contribution in [2.75, 3.05) is 27.3 Å². The minimum atomic E-state index is -1.05. The van der Waals surface area contributed by atoms with Gasteiger partial charge >= 0.3 is 5.97 Å². The van der Waals surface area contributed by atoms with Crippen molar-refractivity contribution >= 4 is 24.3 Å². The van der Waals surface area contributed by atoms with Crippen molar-refractivity contribution in [1.82, 2.24) is 4.90 Å². The van der Waals surface area contributed by atoms with E-state index in [0.29, 0.717) is 11.5 Å². The maximum Gasteiger partial charge on any atom is 0.308 e. The number of benzene rings is 1. The molecule has 1 aromatic rings. The van der Waals surface area contributed by atoms with Gasteiger partial charge in [0.2, 0.25) is 5.91 Å². The van der Waals surface area contributed by atoms with E-state index in [1.54, 1.807) is 26.0 Å². The molecule has 0 radical (unpaired) electrons. The number of hydrogen-bond donors (Lipinski definition) is 2. The van der Waals surface area contributed by atoms with Crippen LogP contribution in [-0.4, -0.2) is 54.7 Å². The van der Waals surface area contributed by atoms with Crippen LogP contribution in [0.2, 0.25) is 0 Å². The van der Waals surface area contributed by atoms with Crippen molar-refractivity contribution in [2.24, 2.45) is 11.7 Å². The van der Waals surface area contributed by atoms with Crippen molar-refractivity contribution < 1.29 is 24.2 Å². The molecule has 1 amide bonds. The Bertz CT molecular complexity index is 644. The van der Waals surface area contributed by atoms with E-state index >= 15 is 0 Å². The monoisotopic (exact) mass is 372 g/mol. The summed E-state index contributed by atoms with van der Waals surface area (Å²) in [6.07, 6.45) is 0. The number of rotatable bonds is 5. The third kappa shape index (κ3) is 4.16. The molecule has 0 aromatic heterocycles. The number of carbonyl (C=O) groups is 2. The lowest BCUT2D eigenvalue weighted by Crippen LogP contribution is -2.50. The van der Waals surface area contributed by atoms with E-state index in [0.717, 1.165) is 5.56 Å². The number of carboxylic acids is 1. The second kappa shape index (κ2) is 7.93. The normalized spacial score (nSPS) is 20.0. The predicted octanol–water partition coefficient (Wildman–Crippen LogP) is 1.49. The number of halogens is 1. The molecular weight excluding hydrogens is 348 g/mol. The first-order valence-corrected chi connectivity index (χ1v) is 7.72. The molecule has 1 heterocycles. The summed E-state index contributed by atoms with van der Waals surface area (Å²) in [6.45, 7) is 3.63. The van der Waals surface area contributed by atoms with Gasteiger partial charge in [0, 0.05) is 24.6 Å². The van der Waals surface area contributed by atoms with Crippen LogP contribution in [0.1, 0.15) is 25.3 Å². The van der Waals surface area contributed by atoms with Crippen LogP contribution in [-0.2, 0) is 9.59 Å². The minimum absolute atomic E-state index is 0. The van der Waals surface area contributed by atoms with Crippen molar-refractivity contribution in [2.45, 2.75) is 25.3 Å². The molecule has 1 aliphatic heterocycles. The van der Waals surface area contributed by atoms with E-state index in [4.69, 9.17) is 15.2 Å². The average Bonchev–Trinajstić information content (AvgIpc) is 2.97. The number of ether oxygens (including phenoxy) is 2. The Balaban J connectivity index is 0.00000312. The predicted molar refractivity (Wildman–Crippen MR) is 95.5 cm³/mol. The van der Waals surface area contributed by atoms with Crippen LogP contribution in [0.15, 0.2) is 18.2 Å². The molecular formula is C17H25ClN2O5. The topological polar surface area (TPSA) is 102 Å². The van der Waals surface area contributed by atoms with Gasteiger partial charge < -0.3 is 25.2 Å². The number of aliphatic carboxylic acids is 1. The van der Waals surface area contributed by atoms with Gasteiger partial charge in [0.25, 0.3) is 0 Å². The highest BCUT2D eigenvalue weighted by molar-refractivity contribution is 5.87. The van der Waals surface area contributed by atoms with Gasteiger partial charge in [0.15, 0.2) is 11.5 Å². The molecule has 140 valence electrons. The zero-order valence-electron chi connectivity index (χ0n) is 14.8. The molecule has 0 spiro atoms. The van der Waals surface area contributed by atoms with Gasteiger partial charge in [0.1, 0.15) is 0 Å². The zero-order chi connectivity index (χ0) is 18.1. The maximum atomic E-state index is 12.4. The fourth-order valence-corrected chi connectivity index (χ4v) is 3.15. The largest absolute Gasteiger partial charge is 0.493 e. The highest BCUT2D eigenvalue weighted by Crippen LogP contribution is 2.42. The van der Waals surface area contributed by atoms with E-state index in [9.17, 15) is 14.7 Å². The van der Waals surface area contributed by atoms with E-state index < -0.39 is 17.4 Å². The lowest BCUT2D eigenvalue weighted by Gasteiger charge is -2.25. The minimum Gasteiger partial charge on any atom is -0.493 e. The van der Waals surface area contributed by atoms with Crippen LogP contribution in [0.4, 0.5) is 0 Å². The second-order valence-corrected chi connectivity index (χ2v) is 6.57. The molecule has 1 fully saturated rings. The summed E-state index contributed by atoms with van der Waals surface area (Å²) < 4.78 is 10.7. The Hall–Kier alpha value is -1.99. The van der Waals surface area contributed by atoms with E-state index in [1.165, 1.54) is 19.1 Å². The molecule has 0 saturated carbocycles. The molecule has 25 heavy (non-hydrogen) atoms. The summed E-state index contributed by atoms with van der Waals surface area (Å²) in [7, 11) is 3.04. The van der Waals surface area contributed by atoms with Gasteiger partial charge in [-0.3, -0.25) is 9.59 Å². The highest BCUT2D eigenvalue weighted by Gasteiger charge is 2.44. The Kier molecular flexibility index (Phi) is 6.68. The number of nitrogens with two attached hydrogens (primary N) is 1. The second-order valence-electron chi connectivity index (χ2n) is 6.57. The summed E-state index contributed by atoms with van der Waals surface area (Å²) >= 11 is 0.